The molecule has 0 aliphatic carbocycles. The topological polar surface area (TPSA) is 99.7 Å². The smallest absolute Gasteiger partial charge is 0.122 e. The summed E-state index contributed by atoms with van der Waals surface area (Å²) in [6.07, 6.45) is 8.18. The van der Waals surface area contributed by atoms with E-state index in [1.807, 2.05) is 66.7 Å². The van der Waals surface area contributed by atoms with Gasteiger partial charge in [-0.25, -0.2) is 0 Å². The molecule has 0 saturated heterocycles. The summed E-state index contributed by atoms with van der Waals surface area (Å²) in [7, 11) is 0. The Hall–Kier alpha value is -3.92. The van der Waals surface area contributed by atoms with Crippen molar-refractivity contribution >= 4 is 36.0 Å². The standard InChI is InChI=1S/C24H22N4/c25-23(26)21-12-8-17(9-13-21)4-6-19-2-1-3-20(16-19)7-5-18-10-14-22(15-11-18)24(27)28/h1-16H,(H3,25,26)(H3,27,28)/b6-4+,7-5+. The van der Waals surface area contributed by atoms with Gasteiger partial charge in [0.2, 0.25) is 0 Å². The first kappa shape index (κ1) is 18.9. The van der Waals surface area contributed by atoms with Crippen molar-refractivity contribution in [3.05, 3.63) is 106 Å². The van der Waals surface area contributed by atoms with Crippen LogP contribution in [0.2, 0.25) is 0 Å². The molecule has 0 bridgehead atoms. The molecule has 28 heavy (non-hydrogen) atoms. The molecule has 0 aliphatic heterocycles. The highest BCUT2D eigenvalue weighted by Gasteiger charge is 1.96. The lowest BCUT2D eigenvalue weighted by Gasteiger charge is -2.01. The van der Waals surface area contributed by atoms with Crippen molar-refractivity contribution in [3.8, 4) is 0 Å². The summed E-state index contributed by atoms with van der Waals surface area (Å²) < 4.78 is 0. The lowest BCUT2D eigenvalue weighted by atomic mass is 10.1. The van der Waals surface area contributed by atoms with Crippen LogP contribution in [0.3, 0.4) is 0 Å². The van der Waals surface area contributed by atoms with E-state index < -0.39 is 0 Å². The Balaban J connectivity index is 1.71. The molecule has 0 spiro atoms. The summed E-state index contributed by atoms with van der Waals surface area (Å²) in [5.74, 6) is 0.150. The van der Waals surface area contributed by atoms with Gasteiger partial charge < -0.3 is 11.5 Å². The van der Waals surface area contributed by atoms with Gasteiger partial charge in [0.15, 0.2) is 0 Å². The Bertz CT molecular complexity index is 960. The van der Waals surface area contributed by atoms with Crippen LogP contribution in [0.15, 0.2) is 72.8 Å². The van der Waals surface area contributed by atoms with E-state index in [9.17, 15) is 0 Å². The van der Waals surface area contributed by atoms with Crippen LogP contribution in [0.4, 0.5) is 0 Å². The van der Waals surface area contributed by atoms with Crippen molar-refractivity contribution in [2.75, 3.05) is 0 Å². The predicted molar refractivity (Wildman–Crippen MR) is 119 cm³/mol. The second-order valence-electron chi connectivity index (χ2n) is 6.41. The molecule has 0 heterocycles. The normalized spacial score (nSPS) is 11.1. The van der Waals surface area contributed by atoms with Crippen molar-refractivity contribution < 1.29 is 0 Å². The average molecular weight is 366 g/mol. The number of benzene rings is 3. The molecule has 3 rings (SSSR count). The molecular weight excluding hydrogens is 344 g/mol. The van der Waals surface area contributed by atoms with Gasteiger partial charge in [0.05, 0.1) is 0 Å². The highest BCUT2D eigenvalue weighted by atomic mass is 14.7. The molecule has 138 valence electrons. The number of hydrogen-bond acceptors (Lipinski definition) is 2. The molecule has 0 aromatic heterocycles. The summed E-state index contributed by atoms with van der Waals surface area (Å²) >= 11 is 0. The van der Waals surface area contributed by atoms with E-state index in [0.717, 1.165) is 33.4 Å². The number of hydrogen-bond donors (Lipinski definition) is 4. The van der Waals surface area contributed by atoms with E-state index in [-0.39, 0.29) is 11.7 Å². The number of nitrogen functional groups attached to an aromatic ring is 2. The van der Waals surface area contributed by atoms with Gasteiger partial charge in [-0.3, -0.25) is 10.8 Å². The Kier molecular flexibility index (Phi) is 5.82. The highest BCUT2D eigenvalue weighted by molar-refractivity contribution is 5.95. The summed E-state index contributed by atoms with van der Waals surface area (Å²) in [5, 5.41) is 14.9. The zero-order valence-corrected chi connectivity index (χ0v) is 15.4. The van der Waals surface area contributed by atoms with Gasteiger partial charge in [0.25, 0.3) is 0 Å². The fraction of sp³-hybridized carbons (Fsp3) is 0. The zero-order valence-electron chi connectivity index (χ0n) is 15.4. The predicted octanol–water partition coefficient (Wildman–Crippen LogP) is 4.60. The molecule has 6 N–H and O–H groups in total. The molecule has 0 aliphatic rings. The van der Waals surface area contributed by atoms with Crippen LogP contribution in [0.5, 0.6) is 0 Å². The first-order valence-corrected chi connectivity index (χ1v) is 8.86. The lowest BCUT2D eigenvalue weighted by molar-refractivity contribution is 1.42. The van der Waals surface area contributed by atoms with Gasteiger partial charge in [-0.2, -0.15) is 0 Å². The monoisotopic (exact) mass is 366 g/mol. The molecule has 0 unspecified atom stereocenters. The molecule has 0 saturated carbocycles. The zero-order chi connectivity index (χ0) is 19.9. The number of nitrogens with two attached hydrogens (primary N) is 2. The van der Waals surface area contributed by atoms with Crippen LogP contribution in [-0.2, 0) is 0 Å². The number of rotatable bonds is 6. The van der Waals surface area contributed by atoms with E-state index in [1.165, 1.54) is 0 Å². The molecule has 0 amide bonds. The fourth-order valence-electron chi connectivity index (χ4n) is 2.70. The summed E-state index contributed by atoms with van der Waals surface area (Å²) in [5.41, 5.74) is 16.7. The summed E-state index contributed by atoms with van der Waals surface area (Å²) in [6, 6.07) is 23.4. The van der Waals surface area contributed by atoms with Crippen molar-refractivity contribution in [1.82, 2.24) is 0 Å². The van der Waals surface area contributed by atoms with Gasteiger partial charge in [-0.1, -0.05) is 91.0 Å². The minimum atomic E-state index is 0.0750. The van der Waals surface area contributed by atoms with Crippen LogP contribution in [0.1, 0.15) is 33.4 Å². The van der Waals surface area contributed by atoms with Crippen molar-refractivity contribution in [3.63, 3.8) is 0 Å². The van der Waals surface area contributed by atoms with E-state index in [4.69, 9.17) is 22.3 Å². The fourth-order valence-corrected chi connectivity index (χ4v) is 2.70. The lowest BCUT2D eigenvalue weighted by Crippen LogP contribution is -2.10. The third-order valence-corrected chi connectivity index (χ3v) is 4.29. The third kappa shape index (κ3) is 5.05. The largest absolute Gasteiger partial charge is 0.384 e. The molecule has 0 atom stereocenters. The molecule has 0 fully saturated rings. The molecule has 4 nitrogen and oxygen atoms in total. The second kappa shape index (κ2) is 8.64. The van der Waals surface area contributed by atoms with Crippen LogP contribution in [-0.4, -0.2) is 11.7 Å². The van der Waals surface area contributed by atoms with Gasteiger partial charge in [0.1, 0.15) is 11.7 Å². The second-order valence-corrected chi connectivity index (χ2v) is 6.41. The maximum atomic E-state index is 7.44. The molecule has 3 aromatic carbocycles. The van der Waals surface area contributed by atoms with E-state index >= 15 is 0 Å². The molecule has 4 heteroatoms. The van der Waals surface area contributed by atoms with Crippen molar-refractivity contribution in [2.45, 2.75) is 0 Å². The molecular formula is C24H22N4. The summed E-state index contributed by atoms with van der Waals surface area (Å²) in [6.45, 7) is 0. The van der Waals surface area contributed by atoms with E-state index in [1.54, 1.807) is 0 Å². The van der Waals surface area contributed by atoms with Gasteiger partial charge >= 0.3 is 0 Å². The van der Waals surface area contributed by atoms with Crippen molar-refractivity contribution in [1.29, 1.82) is 10.8 Å². The van der Waals surface area contributed by atoms with Crippen LogP contribution in [0, 0.1) is 10.8 Å². The van der Waals surface area contributed by atoms with Crippen LogP contribution < -0.4 is 11.5 Å². The third-order valence-electron chi connectivity index (χ3n) is 4.29. The highest BCUT2D eigenvalue weighted by Crippen LogP contribution is 2.14. The first-order valence-electron chi connectivity index (χ1n) is 8.86. The summed E-state index contributed by atoms with van der Waals surface area (Å²) in [4.78, 5) is 0. The van der Waals surface area contributed by atoms with Crippen molar-refractivity contribution in [2.24, 2.45) is 11.5 Å². The maximum absolute atomic E-state index is 7.44. The van der Waals surface area contributed by atoms with Crippen LogP contribution >= 0.6 is 0 Å². The average Bonchev–Trinajstić information content (AvgIpc) is 2.71. The Morgan fingerprint density at radius 1 is 0.536 bits per heavy atom. The number of amidine groups is 2. The quantitative estimate of drug-likeness (QED) is 0.291. The van der Waals surface area contributed by atoms with Gasteiger partial charge in [0, 0.05) is 11.1 Å². The van der Waals surface area contributed by atoms with E-state index in [2.05, 4.69) is 30.4 Å². The Morgan fingerprint density at radius 3 is 1.25 bits per heavy atom. The van der Waals surface area contributed by atoms with Gasteiger partial charge in [-0.15, -0.1) is 0 Å². The minimum absolute atomic E-state index is 0.0750. The Morgan fingerprint density at radius 2 is 0.893 bits per heavy atom. The van der Waals surface area contributed by atoms with Crippen LogP contribution in [0.25, 0.3) is 24.3 Å². The maximum Gasteiger partial charge on any atom is 0.122 e. The SMILES string of the molecule is N=C(N)c1ccc(/C=C/c2cccc(/C=C/c3ccc(C(=N)N)cc3)c2)cc1. The molecule has 3 aromatic rings. The molecule has 0 radical (unpaired) electrons. The minimum Gasteiger partial charge on any atom is -0.384 e. The first-order chi connectivity index (χ1) is 13.5. The number of nitrogens with one attached hydrogen (secondary N) is 2. The van der Waals surface area contributed by atoms with Gasteiger partial charge in [-0.05, 0) is 28.3 Å². The van der Waals surface area contributed by atoms with E-state index in [0.29, 0.717) is 0 Å². The Labute approximate surface area is 164 Å².